The van der Waals surface area contributed by atoms with E-state index in [1.807, 2.05) is 12.1 Å². The van der Waals surface area contributed by atoms with Gasteiger partial charge in [0.05, 0.1) is 18.7 Å². The maximum Gasteiger partial charge on any atom is 0.376 e. The minimum absolute atomic E-state index is 0.0408. The molecule has 0 amide bonds. The number of hydrogen-bond donors (Lipinski definition) is 0. The van der Waals surface area contributed by atoms with E-state index >= 15 is 0 Å². The van der Waals surface area contributed by atoms with Gasteiger partial charge in [0.1, 0.15) is 5.69 Å². The number of ether oxygens (including phenoxy) is 2. The molecule has 5 nitrogen and oxygen atoms in total. The second-order valence-corrected chi connectivity index (χ2v) is 5.42. The fourth-order valence-electron chi connectivity index (χ4n) is 1.59. The maximum absolute atomic E-state index is 11.6. The van der Waals surface area contributed by atoms with Crippen LogP contribution >= 0.6 is 34.2 Å². The highest BCUT2D eigenvalue weighted by atomic mass is 127. The molecule has 0 bridgehead atoms. The SMILES string of the molecule is COCc1nc(-c2ccc(I)c(Cl)c2)oc1C(=O)OC. The van der Waals surface area contributed by atoms with Crippen molar-refractivity contribution in [2.24, 2.45) is 0 Å². The third-order valence-electron chi connectivity index (χ3n) is 2.52. The van der Waals surface area contributed by atoms with Gasteiger partial charge in [-0.1, -0.05) is 11.6 Å². The lowest BCUT2D eigenvalue weighted by Gasteiger charge is -1.98. The molecule has 20 heavy (non-hydrogen) atoms. The summed E-state index contributed by atoms with van der Waals surface area (Å²) in [6.45, 7) is 0.159. The number of benzene rings is 1. The number of hydrogen-bond acceptors (Lipinski definition) is 5. The second kappa shape index (κ2) is 6.55. The Morgan fingerprint density at radius 3 is 2.80 bits per heavy atom. The molecule has 0 atom stereocenters. The summed E-state index contributed by atoms with van der Waals surface area (Å²) in [5, 5.41) is 0.592. The number of carbonyl (C=O) groups is 1. The van der Waals surface area contributed by atoms with Gasteiger partial charge < -0.3 is 13.9 Å². The van der Waals surface area contributed by atoms with Crippen LogP contribution in [0.4, 0.5) is 0 Å². The van der Waals surface area contributed by atoms with E-state index in [0.717, 1.165) is 3.57 Å². The Morgan fingerprint density at radius 1 is 1.45 bits per heavy atom. The average molecular weight is 408 g/mol. The normalized spacial score (nSPS) is 10.6. The first-order valence-corrected chi connectivity index (χ1v) is 7.05. The Kier molecular flexibility index (Phi) is 5.00. The van der Waals surface area contributed by atoms with Crippen LogP contribution in [0.2, 0.25) is 5.02 Å². The molecular weight excluding hydrogens is 397 g/mol. The smallest absolute Gasteiger partial charge is 0.376 e. The first-order valence-electron chi connectivity index (χ1n) is 5.59. The first kappa shape index (κ1) is 15.3. The number of halogens is 2. The third kappa shape index (κ3) is 3.13. The predicted molar refractivity (Wildman–Crippen MR) is 81.7 cm³/mol. The average Bonchev–Trinajstić information content (AvgIpc) is 2.85. The lowest BCUT2D eigenvalue weighted by Crippen LogP contribution is -2.04. The first-order chi connectivity index (χ1) is 9.56. The Morgan fingerprint density at radius 2 is 2.20 bits per heavy atom. The maximum atomic E-state index is 11.6. The van der Waals surface area contributed by atoms with Crippen molar-refractivity contribution in [1.29, 1.82) is 0 Å². The zero-order chi connectivity index (χ0) is 14.7. The molecule has 0 N–H and O–H groups in total. The van der Waals surface area contributed by atoms with Crippen molar-refractivity contribution in [2.75, 3.05) is 14.2 Å². The largest absolute Gasteiger partial charge is 0.463 e. The zero-order valence-electron chi connectivity index (χ0n) is 10.8. The summed E-state index contributed by atoms with van der Waals surface area (Å²) in [5.74, 6) is -0.248. The van der Waals surface area contributed by atoms with Crippen LogP contribution in [-0.4, -0.2) is 25.2 Å². The monoisotopic (exact) mass is 407 g/mol. The van der Waals surface area contributed by atoms with Crippen molar-refractivity contribution in [3.8, 4) is 11.5 Å². The number of rotatable bonds is 4. The Balaban J connectivity index is 2.46. The van der Waals surface area contributed by atoms with Crippen LogP contribution in [0.1, 0.15) is 16.2 Å². The molecule has 0 unspecified atom stereocenters. The molecule has 1 aromatic heterocycles. The summed E-state index contributed by atoms with van der Waals surface area (Å²) in [5.41, 5.74) is 1.08. The summed E-state index contributed by atoms with van der Waals surface area (Å²) in [6, 6.07) is 5.39. The quantitative estimate of drug-likeness (QED) is 0.573. The van der Waals surface area contributed by atoms with Crippen molar-refractivity contribution in [1.82, 2.24) is 4.98 Å². The molecule has 0 aliphatic rings. The van der Waals surface area contributed by atoms with Crippen molar-refractivity contribution in [2.45, 2.75) is 6.61 Å². The van der Waals surface area contributed by atoms with E-state index in [0.29, 0.717) is 22.2 Å². The van der Waals surface area contributed by atoms with Gasteiger partial charge in [-0.15, -0.1) is 0 Å². The van der Waals surface area contributed by atoms with Gasteiger partial charge in [-0.3, -0.25) is 0 Å². The Hall–Kier alpha value is -1.12. The number of nitrogens with zero attached hydrogens (tertiary/aromatic N) is 1. The van der Waals surface area contributed by atoms with E-state index in [4.69, 9.17) is 20.8 Å². The van der Waals surface area contributed by atoms with Crippen LogP contribution in [-0.2, 0) is 16.1 Å². The Bertz CT molecular complexity index is 641. The van der Waals surface area contributed by atoms with Gasteiger partial charge in [0.25, 0.3) is 0 Å². The minimum Gasteiger partial charge on any atom is -0.463 e. The van der Waals surface area contributed by atoms with Gasteiger partial charge in [0.2, 0.25) is 11.7 Å². The molecule has 1 aromatic carbocycles. The molecule has 0 radical (unpaired) electrons. The molecule has 0 fully saturated rings. The standard InChI is InChI=1S/C13H11ClINO4/c1-18-6-10-11(13(17)19-2)20-12(16-10)7-3-4-9(15)8(14)5-7/h3-5H,6H2,1-2H3. The molecule has 2 rings (SSSR count). The van der Waals surface area contributed by atoms with Crippen molar-refractivity contribution >= 4 is 40.2 Å². The van der Waals surface area contributed by atoms with E-state index in [-0.39, 0.29) is 12.4 Å². The number of aromatic nitrogens is 1. The van der Waals surface area contributed by atoms with Gasteiger partial charge in [0, 0.05) is 16.2 Å². The highest BCUT2D eigenvalue weighted by Crippen LogP contribution is 2.28. The number of esters is 1. The van der Waals surface area contributed by atoms with Gasteiger partial charge in [-0.25, -0.2) is 9.78 Å². The molecule has 0 aliphatic heterocycles. The summed E-state index contributed by atoms with van der Waals surface area (Å²) >= 11 is 8.19. The van der Waals surface area contributed by atoms with Gasteiger partial charge in [0.15, 0.2) is 0 Å². The van der Waals surface area contributed by atoms with E-state index in [1.54, 1.807) is 6.07 Å². The van der Waals surface area contributed by atoms with E-state index in [1.165, 1.54) is 14.2 Å². The predicted octanol–water partition coefficient (Wildman–Crippen LogP) is 3.53. The lowest BCUT2D eigenvalue weighted by atomic mass is 10.2. The lowest BCUT2D eigenvalue weighted by molar-refractivity contribution is 0.0559. The number of methoxy groups -OCH3 is 2. The molecule has 0 saturated carbocycles. The van der Waals surface area contributed by atoms with Crippen LogP contribution in [0.15, 0.2) is 22.6 Å². The van der Waals surface area contributed by atoms with Gasteiger partial charge in [-0.2, -0.15) is 0 Å². The molecule has 0 aliphatic carbocycles. The van der Waals surface area contributed by atoms with Gasteiger partial charge >= 0.3 is 5.97 Å². The van der Waals surface area contributed by atoms with Crippen LogP contribution in [0, 0.1) is 3.57 Å². The minimum atomic E-state index is -0.590. The van der Waals surface area contributed by atoms with Crippen LogP contribution in [0.5, 0.6) is 0 Å². The van der Waals surface area contributed by atoms with Crippen LogP contribution in [0.3, 0.4) is 0 Å². The Labute approximate surface area is 134 Å². The van der Waals surface area contributed by atoms with Crippen LogP contribution < -0.4 is 0 Å². The number of carbonyl (C=O) groups excluding carboxylic acids is 1. The van der Waals surface area contributed by atoms with E-state index < -0.39 is 5.97 Å². The van der Waals surface area contributed by atoms with E-state index in [9.17, 15) is 4.79 Å². The summed E-state index contributed by atoms with van der Waals surface area (Å²) in [7, 11) is 2.79. The molecule has 7 heteroatoms. The topological polar surface area (TPSA) is 61.6 Å². The summed E-state index contributed by atoms with van der Waals surface area (Å²) in [4.78, 5) is 15.9. The van der Waals surface area contributed by atoms with Gasteiger partial charge in [-0.05, 0) is 40.8 Å². The van der Waals surface area contributed by atoms with Crippen molar-refractivity contribution in [3.63, 3.8) is 0 Å². The van der Waals surface area contributed by atoms with Crippen LogP contribution in [0.25, 0.3) is 11.5 Å². The summed E-state index contributed by atoms with van der Waals surface area (Å²) in [6.07, 6.45) is 0. The fraction of sp³-hybridized carbons (Fsp3) is 0.231. The zero-order valence-corrected chi connectivity index (χ0v) is 13.7. The van der Waals surface area contributed by atoms with Crippen molar-refractivity contribution < 1.29 is 18.7 Å². The van der Waals surface area contributed by atoms with E-state index in [2.05, 4.69) is 32.3 Å². The molecule has 106 valence electrons. The second-order valence-electron chi connectivity index (χ2n) is 3.85. The highest BCUT2D eigenvalue weighted by Gasteiger charge is 2.21. The third-order valence-corrected chi connectivity index (χ3v) is 4.09. The van der Waals surface area contributed by atoms with Crippen molar-refractivity contribution in [3.05, 3.63) is 38.2 Å². The molecule has 0 spiro atoms. The highest BCUT2D eigenvalue weighted by molar-refractivity contribution is 14.1. The number of oxazole rings is 1. The fourth-order valence-corrected chi connectivity index (χ4v) is 2.11. The molecule has 0 saturated heterocycles. The molecular formula is C13H11ClINO4. The molecule has 2 aromatic rings. The summed E-state index contributed by atoms with van der Waals surface area (Å²) < 4.78 is 16.1. The molecule has 1 heterocycles.